The summed E-state index contributed by atoms with van der Waals surface area (Å²) in [4.78, 5) is 29.7. The first kappa shape index (κ1) is 37.8. The Labute approximate surface area is 375 Å². The van der Waals surface area contributed by atoms with Gasteiger partial charge in [-0.1, -0.05) is 188 Å². The van der Waals surface area contributed by atoms with Gasteiger partial charge in [0, 0.05) is 55.2 Å². The molecule has 0 unspecified atom stereocenters. The molecule has 7 heteroatoms. The minimum absolute atomic E-state index is 0.622. The number of hydrogen-bond acceptors (Lipinski definition) is 6. The van der Waals surface area contributed by atoms with Gasteiger partial charge in [-0.15, -0.1) is 0 Å². The molecule has 0 amide bonds. The van der Waals surface area contributed by atoms with Gasteiger partial charge in [0.15, 0.2) is 34.9 Å². The van der Waals surface area contributed by atoms with Gasteiger partial charge in [-0.25, -0.2) is 29.9 Å². The number of para-hydroxylation sites is 1. The van der Waals surface area contributed by atoms with Crippen molar-refractivity contribution in [1.82, 2.24) is 34.5 Å². The molecule has 0 aliphatic carbocycles. The van der Waals surface area contributed by atoms with Crippen molar-refractivity contribution in [3.05, 3.63) is 224 Å². The van der Waals surface area contributed by atoms with Crippen LogP contribution in [0.5, 0.6) is 0 Å². The average Bonchev–Trinajstić information content (AvgIpc) is 3.74. The van der Waals surface area contributed by atoms with Gasteiger partial charge >= 0.3 is 0 Å². The van der Waals surface area contributed by atoms with E-state index < -0.39 is 0 Å². The third-order valence-corrected chi connectivity index (χ3v) is 11.9. The van der Waals surface area contributed by atoms with Crippen LogP contribution in [0.3, 0.4) is 0 Å². The highest BCUT2D eigenvalue weighted by molar-refractivity contribution is 6.19. The molecule has 12 rings (SSSR count). The predicted molar refractivity (Wildman–Crippen MR) is 263 cm³/mol. The summed E-state index contributed by atoms with van der Waals surface area (Å²) < 4.78 is 2.39. The molecule has 0 atom stereocenters. The number of aromatic nitrogens is 7. The Hall–Kier alpha value is -8.94. The SMILES string of the molecule is c1ccc(-c2nc(-c3ccccc3)nc(-c3ccc(-c4ccc5ccc6c7ccccc7n(-c7ccc(-c8nc(-c9ccccc9)nc(-c9ccccc9)n8)cc7)c6c5c4)cc3)n2)cc1. The third kappa shape index (κ3) is 7.07. The fraction of sp³-hybridized carbons (Fsp3) is 0. The summed E-state index contributed by atoms with van der Waals surface area (Å²) in [5, 5.41) is 4.72. The normalized spacial score (nSPS) is 11.4. The standard InChI is InChI=1S/C58H37N7/c1-5-15-40(16-6-1)53-59-54(41-17-7-2-8-18-41)62-57(61-53)44-28-25-38(26-29-44)46-30-27-39-33-36-49-48-23-13-14-24-51(48)65(52(49)50(39)37-46)47-34-31-45(32-35-47)58-63-55(42-19-9-3-10-20-42)60-56(64-58)43-21-11-4-12-22-43/h1-37H. The Morgan fingerprint density at radius 3 is 1.06 bits per heavy atom. The van der Waals surface area contributed by atoms with Gasteiger partial charge in [-0.3, -0.25) is 0 Å². The van der Waals surface area contributed by atoms with Crippen molar-refractivity contribution >= 4 is 32.6 Å². The second kappa shape index (κ2) is 16.1. The topological polar surface area (TPSA) is 82.3 Å². The van der Waals surface area contributed by atoms with Crippen LogP contribution in [0.25, 0.3) is 118 Å². The lowest BCUT2D eigenvalue weighted by Crippen LogP contribution is -2.00. The van der Waals surface area contributed by atoms with E-state index in [2.05, 4.69) is 108 Å². The highest BCUT2D eigenvalue weighted by Crippen LogP contribution is 2.39. The van der Waals surface area contributed by atoms with Crippen LogP contribution in [0.15, 0.2) is 224 Å². The second-order valence-corrected chi connectivity index (χ2v) is 16.0. The number of rotatable bonds is 8. The summed E-state index contributed by atoms with van der Waals surface area (Å²) >= 11 is 0. The highest BCUT2D eigenvalue weighted by Gasteiger charge is 2.18. The van der Waals surface area contributed by atoms with E-state index in [9.17, 15) is 0 Å². The Morgan fingerprint density at radius 2 is 0.600 bits per heavy atom. The van der Waals surface area contributed by atoms with Crippen molar-refractivity contribution in [3.8, 4) is 85.1 Å². The Bertz CT molecular complexity index is 3550. The quantitative estimate of drug-likeness (QED) is 0.152. The fourth-order valence-corrected chi connectivity index (χ4v) is 8.67. The molecule has 0 aliphatic rings. The lowest BCUT2D eigenvalue weighted by atomic mass is 9.98. The monoisotopic (exact) mass is 831 g/mol. The average molecular weight is 832 g/mol. The van der Waals surface area contributed by atoms with Gasteiger partial charge < -0.3 is 4.57 Å². The molecule has 0 spiro atoms. The van der Waals surface area contributed by atoms with Crippen LogP contribution >= 0.6 is 0 Å². The summed E-state index contributed by atoms with van der Waals surface area (Å²) in [6.45, 7) is 0. The van der Waals surface area contributed by atoms with Crippen LogP contribution in [0.4, 0.5) is 0 Å². The Morgan fingerprint density at radius 1 is 0.246 bits per heavy atom. The van der Waals surface area contributed by atoms with Gasteiger partial charge in [-0.2, -0.15) is 0 Å². The van der Waals surface area contributed by atoms with Crippen molar-refractivity contribution in [2.24, 2.45) is 0 Å². The zero-order valence-corrected chi connectivity index (χ0v) is 35.0. The van der Waals surface area contributed by atoms with Crippen LogP contribution in [-0.2, 0) is 0 Å². The van der Waals surface area contributed by atoms with E-state index in [1.165, 1.54) is 16.2 Å². The van der Waals surface area contributed by atoms with E-state index in [4.69, 9.17) is 29.9 Å². The maximum absolute atomic E-state index is 4.99. The molecule has 3 heterocycles. The smallest absolute Gasteiger partial charge is 0.164 e. The molecular weight excluding hydrogens is 795 g/mol. The van der Waals surface area contributed by atoms with Gasteiger partial charge in [-0.05, 0) is 52.9 Å². The molecule has 9 aromatic carbocycles. The minimum Gasteiger partial charge on any atom is -0.309 e. The molecule has 0 saturated carbocycles. The molecule has 3 aromatic heterocycles. The van der Waals surface area contributed by atoms with Gasteiger partial charge in [0.25, 0.3) is 0 Å². The molecule has 12 aromatic rings. The van der Waals surface area contributed by atoms with E-state index in [1.807, 2.05) is 121 Å². The van der Waals surface area contributed by atoms with Crippen LogP contribution in [0, 0.1) is 0 Å². The predicted octanol–water partition coefficient (Wildman–Crippen LogP) is 14.0. The first-order valence-electron chi connectivity index (χ1n) is 21.6. The molecule has 0 saturated heterocycles. The van der Waals surface area contributed by atoms with Crippen molar-refractivity contribution in [3.63, 3.8) is 0 Å². The molecule has 0 bridgehead atoms. The lowest BCUT2D eigenvalue weighted by molar-refractivity contribution is 1.07. The fourth-order valence-electron chi connectivity index (χ4n) is 8.67. The number of hydrogen-bond donors (Lipinski definition) is 0. The maximum Gasteiger partial charge on any atom is 0.164 e. The van der Waals surface area contributed by atoms with E-state index in [0.717, 1.165) is 66.6 Å². The van der Waals surface area contributed by atoms with Gasteiger partial charge in [0.1, 0.15) is 0 Å². The second-order valence-electron chi connectivity index (χ2n) is 16.0. The zero-order valence-electron chi connectivity index (χ0n) is 35.0. The van der Waals surface area contributed by atoms with E-state index in [0.29, 0.717) is 34.9 Å². The minimum atomic E-state index is 0.622. The van der Waals surface area contributed by atoms with Crippen LogP contribution in [0.1, 0.15) is 0 Å². The van der Waals surface area contributed by atoms with E-state index in [1.54, 1.807) is 0 Å². The van der Waals surface area contributed by atoms with Crippen molar-refractivity contribution < 1.29 is 0 Å². The van der Waals surface area contributed by atoms with Crippen LogP contribution in [-0.4, -0.2) is 34.5 Å². The summed E-state index contributed by atoms with van der Waals surface area (Å²) in [5.74, 6) is 3.81. The molecule has 304 valence electrons. The first-order valence-corrected chi connectivity index (χ1v) is 21.6. The van der Waals surface area contributed by atoms with E-state index >= 15 is 0 Å². The molecular formula is C58H37N7. The van der Waals surface area contributed by atoms with Gasteiger partial charge in [0.2, 0.25) is 0 Å². The summed E-state index contributed by atoms with van der Waals surface area (Å²) in [5.41, 5.74) is 11.1. The highest BCUT2D eigenvalue weighted by atomic mass is 15.0. The molecule has 0 fully saturated rings. The van der Waals surface area contributed by atoms with Crippen LogP contribution < -0.4 is 0 Å². The summed E-state index contributed by atoms with van der Waals surface area (Å²) in [6, 6.07) is 77.3. The lowest BCUT2D eigenvalue weighted by Gasteiger charge is -2.13. The first-order chi connectivity index (χ1) is 32.2. The number of fused-ring (bicyclic) bond motifs is 5. The number of nitrogens with zero attached hydrogens (tertiary/aromatic N) is 7. The summed E-state index contributed by atoms with van der Waals surface area (Å²) in [6.07, 6.45) is 0. The molecule has 0 radical (unpaired) electrons. The van der Waals surface area contributed by atoms with Crippen molar-refractivity contribution in [2.75, 3.05) is 0 Å². The largest absolute Gasteiger partial charge is 0.309 e. The Balaban J connectivity index is 0.943. The zero-order chi connectivity index (χ0) is 43.1. The van der Waals surface area contributed by atoms with Crippen molar-refractivity contribution in [1.29, 1.82) is 0 Å². The molecule has 7 nitrogen and oxygen atoms in total. The summed E-state index contributed by atoms with van der Waals surface area (Å²) in [7, 11) is 0. The molecule has 0 aliphatic heterocycles. The van der Waals surface area contributed by atoms with Gasteiger partial charge in [0.05, 0.1) is 11.0 Å². The molecule has 65 heavy (non-hydrogen) atoms. The Kier molecular flexibility index (Phi) is 9.34. The number of benzene rings is 9. The molecule has 0 N–H and O–H groups in total. The van der Waals surface area contributed by atoms with Crippen molar-refractivity contribution in [2.45, 2.75) is 0 Å². The van der Waals surface area contributed by atoms with E-state index in [-0.39, 0.29) is 0 Å². The van der Waals surface area contributed by atoms with Crippen LogP contribution in [0.2, 0.25) is 0 Å². The maximum atomic E-state index is 4.99. The third-order valence-electron chi connectivity index (χ3n) is 11.9.